The van der Waals surface area contributed by atoms with Crippen LogP contribution >= 0.6 is 0 Å². The van der Waals surface area contributed by atoms with E-state index in [1.165, 1.54) is 5.56 Å². The fourth-order valence-corrected chi connectivity index (χ4v) is 1.57. The third kappa shape index (κ3) is 4.10. The van der Waals surface area contributed by atoms with Crippen molar-refractivity contribution in [3.63, 3.8) is 0 Å². The van der Waals surface area contributed by atoms with Crippen LogP contribution < -0.4 is 5.32 Å². The van der Waals surface area contributed by atoms with Crippen molar-refractivity contribution in [2.45, 2.75) is 46.6 Å². The lowest BCUT2D eigenvalue weighted by Gasteiger charge is -2.15. The first-order valence-electron chi connectivity index (χ1n) is 6.11. The second-order valence-corrected chi connectivity index (χ2v) is 4.27. The van der Waals surface area contributed by atoms with Gasteiger partial charge in [0, 0.05) is 5.69 Å². The number of hydrogen-bond acceptors (Lipinski definition) is 2. The molecule has 0 aliphatic carbocycles. The Morgan fingerprint density at radius 2 is 1.88 bits per heavy atom. The van der Waals surface area contributed by atoms with Gasteiger partial charge in [-0.15, -0.1) is 0 Å². The fourth-order valence-electron chi connectivity index (χ4n) is 1.57. The van der Waals surface area contributed by atoms with E-state index in [4.69, 9.17) is 4.74 Å². The van der Waals surface area contributed by atoms with Crippen molar-refractivity contribution in [3.05, 3.63) is 29.3 Å². The van der Waals surface area contributed by atoms with E-state index in [1.54, 1.807) is 0 Å². The van der Waals surface area contributed by atoms with Crippen molar-refractivity contribution < 1.29 is 9.53 Å². The summed E-state index contributed by atoms with van der Waals surface area (Å²) in [5.41, 5.74) is 3.15. The van der Waals surface area contributed by atoms with E-state index < -0.39 is 0 Å². The summed E-state index contributed by atoms with van der Waals surface area (Å²) in [7, 11) is 0. The molecule has 94 valence electrons. The molecule has 0 bridgehead atoms. The minimum absolute atomic E-state index is 0.00143. The highest BCUT2D eigenvalue weighted by Gasteiger charge is 2.10. The van der Waals surface area contributed by atoms with Gasteiger partial charge in [-0.3, -0.25) is 5.32 Å². The second kappa shape index (κ2) is 6.28. The maximum atomic E-state index is 11.6. The zero-order valence-electron chi connectivity index (χ0n) is 11.0. The number of hydrogen-bond donors (Lipinski definition) is 1. The van der Waals surface area contributed by atoms with Crippen LogP contribution in [0.2, 0.25) is 0 Å². The standard InChI is InChI=1S/C14H21NO2/c1-5-13(6-2)17-14(16)15-12-8-7-10(3)11(4)9-12/h7-9,13H,5-6H2,1-4H3,(H,15,16). The maximum absolute atomic E-state index is 11.6. The van der Waals surface area contributed by atoms with E-state index in [0.717, 1.165) is 24.1 Å². The first kappa shape index (κ1) is 13.6. The lowest BCUT2D eigenvalue weighted by atomic mass is 10.1. The average molecular weight is 235 g/mol. The summed E-state index contributed by atoms with van der Waals surface area (Å²) in [6.07, 6.45) is 1.32. The second-order valence-electron chi connectivity index (χ2n) is 4.27. The van der Waals surface area contributed by atoms with Crippen LogP contribution in [-0.2, 0) is 4.74 Å². The van der Waals surface area contributed by atoms with Gasteiger partial charge in [0.05, 0.1) is 0 Å². The van der Waals surface area contributed by atoms with Crippen molar-refractivity contribution >= 4 is 11.8 Å². The number of carbonyl (C=O) groups is 1. The number of ether oxygens (including phenoxy) is 1. The predicted molar refractivity (Wildman–Crippen MR) is 70.4 cm³/mol. The molecule has 3 heteroatoms. The molecule has 1 aromatic carbocycles. The highest BCUT2D eigenvalue weighted by Crippen LogP contribution is 2.15. The molecule has 0 saturated carbocycles. The normalized spacial score (nSPS) is 10.4. The number of carbonyl (C=O) groups excluding carboxylic acids is 1. The predicted octanol–water partition coefficient (Wildman–Crippen LogP) is 4.04. The summed E-state index contributed by atoms with van der Waals surface area (Å²) < 4.78 is 5.27. The van der Waals surface area contributed by atoms with Crippen LogP contribution in [0.1, 0.15) is 37.8 Å². The molecule has 0 atom stereocenters. The van der Waals surface area contributed by atoms with Crippen LogP contribution in [0, 0.1) is 13.8 Å². The van der Waals surface area contributed by atoms with Crippen LogP contribution in [0.3, 0.4) is 0 Å². The van der Waals surface area contributed by atoms with Gasteiger partial charge in [0.15, 0.2) is 0 Å². The first-order chi connectivity index (χ1) is 8.06. The average Bonchev–Trinajstić information content (AvgIpc) is 2.31. The van der Waals surface area contributed by atoms with Gasteiger partial charge >= 0.3 is 6.09 Å². The van der Waals surface area contributed by atoms with Crippen molar-refractivity contribution in [1.29, 1.82) is 0 Å². The lowest BCUT2D eigenvalue weighted by Crippen LogP contribution is -2.21. The zero-order chi connectivity index (χ0) is 12.8. The zero-order valence-corrected chi connectivity index (χ0v) is 11.0. The van der Waals surface area contributed by atoms with Gasteiger partial charge in [-0.25, -0.2) is 4.79 Å². The van der Waals surface area contributed by atoms with Crippen LogP contribution in [-0.4, -0.2) is 12.2 Å². The summed E-state index contributed by atoms with van der Waals surface area (Å²) in [6, 6.07) is 5.82. The summed E-state index contributed by atoms with van der Waals surface area (Å²) in [5.74, 6) is 0. The molecule has 0 aliphatic rings. The number of rotatable bonds is 4. The number of anilines is 1. The lowest BCUT2D eigenvalue weighted by molar-refractivity contribution is 0.106. The minimum Gasteiger partial charge on any atom is -0.446 e. The number of aryl methyl sites for hydroxylation is 2. The molecule has 1 N–H and O–H groups in total. The van der Waals surface area contributed by atoms with Crippen molar-refractivity contribution in [1.82, 2.24) is 0 Å². The third-order valence-corrected chi connectivity index (χ3v) is 2.94. The Labute approximate surface area is 103 Å². The summed E-state index contributed by atoms with van der Waals surface area (Å²) in [5, 5.41) is 2.75. The molecule has 0 aliphatic heterocycles. The summed E-state index contributed by atoms with van der Waals surface area (Å²) in [6.45, 7) is 8.09. The van der Waals surface area contributed by atoms with E-state index in [1.807, 2.05) is 45.9 Å². The van der Waals surface area contributed by atoms with Gasteiger partial charge in [-0.2, -0.15) is 0 Å². The SMILES string of the molecule is CCC(CC)OC(=O)Nc1ccc(C)c(C)c1. The number of amides is 1. The minimum atomic E-state index is -0.373. The monoisotopic (exact) mass is 235 g/mol. The topological polar surface area (TPSA) is 38.3 Å². The maximum Gasteiger partial charge on any atom is 0.411 e. The van der Waals surface area contributed by atoms with Crippen molar-refractivity contribution in [3.8, 4) is 0 Å². The van der Waals surface area contributed by atoms with Crippen molar-refractivity contribution in [2.24, 2.45) is 0 Å². The Bertz CT molecular complexity index is 384. The van der Waals surface area contributed by atoms with E-state index >= 15 is 0 Å². The molecule has 0 saturated heterocycles. The number of benzene rings is 1. The highest BCUT2D eigenvalue weighted by molar-refractivity contribution is 5.84. The van der Waals surface area contributed by atoms with E-state index in [9.17, 15) is 4.79 Å². The van der Waals surface area contributed by atoms with Gasteiger partial charge < -0.3 is 4.74 Å². The molecule has 17 heavy (non-hydrogen) atoms. The fraction of sp³-hybridized carbons (Fsp3) is 0.500. The van der Waals surface area contributed by atoms with Gasteiger partial charge in [0.2, 0.25) is 0 Å². The summed E-state index contributed by atoms with van der Waals surface area (Å²) in [4.78, 5) is 11.6. The van der Waals surface area contributed by atoms with Crippen LogP contribution in [0.15, 0.2) is 18.2 Å². The molecule has 0 fully saturated rings. The smallest absolute Gasteiger partial charge is 0.411 e. The molecule has 3 nitrogen and oxygen atoms in total. The largest absolute Gasteiger partial charge is 0.446 e. The van der Waals surface area contributed by atoms with Gasteiger partial charge in [-0.05, 0) is 49.9 Å². The molecule has 1 rings (SSSR count). The molecule has 0 spiro atoms. The Hall–Kier alpha value is -1.51. The van der Waals surface area contributed by atoms with E-state index in [2.05, 4.69) is 5.32 Å². The van der Waals surface area contributed by atoms with Crippen molar-refractivity contribution in [2.75, 3.05) is 5.32 Å². The number of nitrogens with one attached hydrogen (secondary N) is 1. The third-order valence-electron chi connectivity index (χ3n) is 2.94. The Morgan fingerprint density at radius 1 is 1.24 bits per heavy atom. The summed E-state index contributed by atoms with van der Waals surface area (Å²) >= 11 is 0. The van der Waals surface area contributed by atoms with Crippen LogP contribution in [0.4, 0.5) is 10.5 Å². The van der Waals surface area contributed by atoms with Gasteiger partial charge in [0.1, 0.15) is 6.10 Å². The molecule has 1 aromatic rings. The highest BCUT2D eigenvalue weighted by atomic mass is 16.6. The van der Waals surface area contributed by atoms with E-state index in [-0.39, 0.29) is 12.2 Å². The molecular formula is C14H21NO2. The quantitative estimate of drug-likeness (QED) is 0.855. The molecule has 0 heterocycles. The first-order valence-corrected chi connectivity index (χ1v) is 6.11. The molecule has 0 radical (unpaired) electrons. The van der Waals surface area contributed by atoms with Gasteiger partial charge in [-0.1, -0.05) is 19.9 Å². The molecule has 1 amide bonds. The van der Waals surface area contributed by atoms with E-state index in [0.29, 0.717) is 0 Å². The Kier molecular flexibility index (Phi) is 5.01. The van der Waals surface area contributed by atoms with Crippen LogP contribution in [0.25, 0.3) is 0 Å². The molecule has 0 aromatic heterocycles. The Morgan fingerprint density at radius 3 is 2.41 bits per heavy atom. The Balaban J connectivity index is 2.58. The molecule has 0 unspecified atom stereocenters. The van der Waals surface area contributed by atoms with Gasteiger partial charge in [0.25, 0.3) is 0 Å². The van der Waals surface area contributed by atoms with Crippen LogP contribution in [0.5, 0.6) is 0 Å². The molecular weight excluding hydrogens is 214 g/mol.